The van der Waals surface area contributed by atoms with Crippen molar-refractivity contribution in [1.82, 2.24) is 0 Å². The molecule has 0 atom stereocenters. The average Bonchev–Trinajstić information content (AvgIpc) is 2.86. The van der Waals surface area contributed by atoms with Gasteiger partial charge < -0.3 is 0 Å². The average molecular weight is 559 g/mol. The van der Waals surface area contributed by atoms with Crippen LogP contribution in [-0.2, 0) is 18.5 Å². The normalized spacial score (nSPS) is 11.8. The highest BCUT2D eigenvalue weighted by Crippen LogP contribution is 2.41. The maximum absolute atomic E-state index is 14.3. The van der Waals surface area contributed by atoms with Crippen LogP contribution in [0.4, 0.5) is 39.5 Å². The zero-order valence-corrected chi connectivity index (χ0v) is 18.7. The highest BCUT2D eigenvalue weighted by Gasteiger charge is 2.43. The monoisotopic (exact) mass is 559 g/mol. The summed E-state index contributed by atoms with van der Waals surface area (Å²) in [5.41, 5.74) is -17.7. The molecule has 0 unspecified atom stereocenters. The first-order valence-corrected chi connectivity index (χ1v) is 9.67. The third-order valence-corrected chi connectivity index (χ3v) is 5.10. The standard InChI is InChI=1S/C24H2F9N7/c25-22(26,27)17-1-10(2-18(15(17)8-39)23(28,29)30)12(5-36)20-14(7-38)13(6-37)19(11(3-34)4-35)16(9-40)21(20)24(31,32)33/h1-2H/b20-12-. The Labute approximate surface area is 216 Å². The number of nitriles is 7. The minimum absolute atomic E-state index is 0.234. The Balaban J connectivity index is 3.67. The van der Waals surface area contributed by atoms with Crippen molar-refractivity contribution in [1.29, 1.82) is 36.8 Å². The van der Waals surface area contributed by atoms with E-state index in [1.165, 1.54) is 6.07 Å². The SMILES string of the molecule is N#CC(C#N)=c1c(C#N)c(C#N)/c(=C(\C#N)c2cc(C(F)(F)F)c(C#N)c(C(F)(F)F)c2)c(C(F)(F)F)c1C#N. The van der Waals surface area contributed by atoms with Gasteiger partial charge >= 0.3 is 18.5 Å². The second-order valence-electron chi connectivity index (χ2n) is 7.22. The fourth-order valence-corrected chi connectivity index (χ4v) is 3.62. The molecule has 0 aliphatic heterocycles. The van der Waals surface area contributed by atoms with Crippen LogP contribution in [0.2, 0.25) is 0 Å². The Morgan fingerprint density at radius 3 is 1.20 bits per heavy atom. The first kappa shape index (κ1) is 30.2. The number of hydrogen-bond donors (Lipinski definition) is 0. The molecule has 0 heterocycles. The van der Waals surface area contributed by atoms with Crippen molar-refractivity contribution in [3.05, 3.63) is 67.1 Å². The van der Waals surface area contributed by atoms with Gasteiger partial charge in [-0.05, 0) is 17.7 Å². The number of rotatable bonds is 1. The minimum atomic E-state index is -5.79. The largest absolute Gasteiger partial charge is 0.418 e. The van der Waals surface area contributed by atoms with Crippen molar-refractivity contribution in [3.63, 3.8) is 0 Å². The minimum Gasteiger partial charge on any atom is -0.192 e. The fraction of sp³-hybridized carbons (Fsp3) is 0.125. The van der Waals surface area contributed by atoms with Crippen LogP contribution < -0.4 is 10.4 Å². The summed E-state index contributed by atoms with van der Waals surface area (Å²) in [6.45, 7) is 0. The van der Waals surface area contributed by atoms with Gasteiger partial charge in [-0.2, -0.15) is 76.3 Å². The predicted octanol–water partition coefficient (Wildman–Crippen LogP) is 4.15. The molecule has 0 aliphatic carbocycles. The maximum atomic E-state index is 14.3. The van der Waals surface area contributed by atoms with Crippen LogP contribution in [0.15, 0.2) is 12.1 Å². The molecule has 0 spiro atoms. The van der Waals surface area contributed by atoms with Gasteiger partial charge in [0, 0.05) is 10.4 Å². The van der Waals surface area contributed by atoms with Gasteiger partial charge in [-0.1, -0.05) is 0 Å². The van der Waals surface area contributed by atoms with Gasteiger partial charge in [-0.3, -0.25) is 0 Å². The van der Waals surface area contributed by atoms with E-state index in [0.29, 0.717) is 6.07 Å². The zero-order chi connectivity index (χ0) is 30.8. The summed E-state index contributed by atoms with van der Waals surface area (Å²) in [6, 6.07) is 6.74. The van der Waals surface area contributed by atoms with Gasteiger partial charge in [-0.25, -0.2) is 0 Å². The van der Waals surface area contributed by atoms with E-state index in [1.807, 2.05) is 0 Å². The van der Waals surface area contributed by atoms with Crippen LogP contribution in [0.25, 0.3) is 11.1 Å². The Morgan fingerprint density at radius 2 is 0.900 bits per heavy atom. The molecule has 7 nitrogen and oxygen atoms in total. The number of halogens is 9. The van der Waals surface area contributed by atoms with Crippen molar-refractivity contribution in [2.45, 2.75) is 18.5 Å². The van der Waals surface area contributed by atoms with Crippen molar-refractivity contribution < 1.29 is 39.5 Å². The molecule has 0 N–H and O–H groups in total. The molecule has 0 radical (unpaired) electrons. The van der Waals surface area contributed by atoms with E-state index < -0.39 is 84.6 Å². The summed E-state index contributed by atoms with van der Waals surface area (Å²) in [4.78, 5) is 0. The van der Waals surface area contributed by atoms with E-state index >= 15 is 0 Å². The first-order valence-electron chi connectivity index (χ1n) is 9.67. The van der Waals surface area contributed by atoms with E-state index in [2.05, 4.69) is 0 Å². The van der Waals surface area contributed by atoms with Crippen LogP contribution in [-0.4, -0.2) is 0 Å². The first-order chi connectivity index (χ1) is 18.5. The number of hydrogen-bond acceptors (Lipinski definition) is 7. The van der Waals surface area contributed by atoms with E-state index in [-0.39, 0.29) is 12.1 Å². The molecule has 0 bridgehead atoms. The second-order valence-corrected chi connectivity index (χ2v) is 7.22. The lowest BCUT2D eigenvalue weighted by Crippen LogP contribution is -2.35. The van der Waals surface area contributed by atoms with E-state index in [0.717, 1.165) is 30.3 Å². The lowest BCUT2D eigenvalue weighted by atomic mass is 9.86. The van der Waals surface area contributed by atoms with E-state index in [9.17, 15) is 60.6 Å². The zero-order valence-electron chi connectivity index (χ0n) is 18.7. The van der Waals surface area contributed by atoms with Gasteiger partial charge in [0.25, 0.3) is 0 Å². The summed E-state index contributed by atoms with van der Waals surface area (Å²) >= 11 is 0. The van der Waals surface area contributed by atoms with Gasteiger partial charge in [0.2, 0.25) is 0 Å². The second kappa shape index (κ2) is 10.4. The third kappa shape index (κ3) is 5.05. The van der Waals surface area contributed by atoms with Gasteiger partial charge in [0.05, 0.1) is 44.5 Å². The van der Waals surface area contributed by atoms with Crippen LogP contribution in [0.3, 0.4) is 0 Å². The fourth-order valence-electron chi connectivity index (χ4n) is 3.62. The summed E-state index contributed by atoms with van der Waals surface area (Å²) < 4.78 is 125. The lowest BCUT2D eigenvalue weighted by molar-refractivity contribution is -0.143. The molecule has 0 fully saturated rings. The molecule has 16 heteroatoms. The lowest BCUT2D eigenvalue weighted by Gasteiger charge is -2.18. The Kier molecular flexibility index (Phi) is 7.84. The molecule has 196 valence electrons. The Bertz CT molecular complexity index is 1830. The van der Waals surface area contributed by atoms with Crippen LogP contribution >= 0.6 is 0 Å². The molecule has 2 rings (SSSR count). The highest BCUT2D eigenvalue weighted by atomic mass is 19.4. The highest BCUT2D eigenvalue weighted by molar-refractivity contribution is 5.83. The van der Waals surface area contributed by atoms with E-state index in [4.69, 9.17) is 15.8 Å². The van der Waals surface area contributed by atoms with Crippen LogP contribution in [0.1, 0.15) is 44.5 Å². The van der Waals surface area contributed by atoms with Crippen LogP contribution in [0.5, 0.6) is 0 Å². The van der Waals surface area contributed by atoms with Crippen molar-refractivity contribution >= 4 is 11.1 Å². The van der Waals surface area contributed by atoms with Crippen molar-refractivity contribution in [3.8, 4) is 42.5 Å². The topological polar surface area (TPSA) is 167 Å². The predicted molar refractivity (Wildman–Crippen MR) is 109 cm³/mol. The number of nitrogens with zero attached hydrogens (tertiary/aromatic N) is 7. The van der Waals surface area contributed by atoms with Crippen molar-refractivity contribution in [2.24, 2.45) is 0 Å². The van der Waals surface area contributed by atoms with Crippen molar-refractivity contribution in [2.75, 3.05) is 0 Å². The van der Waals surface area contributed by atoms with Gasteiger partial charge in [-0.15, -0.1) is 0 Å². The van der Waals surface area contributed by atoms with E-state index in [1.54, 1.807) is 0 Å². The smallest absolute Gasteiger partial charge is 0.192 e. The molecule has 2 aromatic rings. The van der Waals surface area contributed by atoms with Gasteiger partial charge in [0.1, 0.15) is 48.1 Å². The molecule has 2 aromatic carbocycles. The number of benzene rings is 2. The molecule has 0 saturated carbocycles. The Morgan fingerprint density at radius 1 is 0.500 bits per heavy atom. The molecule has 0 aromatic heterocycles. The Hall–Kier alpha value is -6.02. The summed E-state index contributed by atoms with van der Waals surface area (Å²) in [5.74, 6) is 0. The quantitative estimate of drug-likeness (QED) is 0.473. The molecule has 0 amide bonds. The summed E-state index contributed by atoms with van der Waals surface area (Å²) in [6.07, 6.45) is -17.2. The molecule has 0 aliphatic rings. The van der Waals surface area contributed by atoms with Gasteiger partial charge in [0.15, 0.2) is 0 Å². The number of alkyl halides is 9. The summed E-state index contributed by atoms with van der Waals surface area (Å²) in [7, 11) is 0. The maximum Gasteiger partial charge on any atom is 0.418 e. The molecule has 0 saturated heterocycles. The molecular formula is C24H2F9N7. The third-order valence-electron chi connectivity index (χ3n) is 5.10. The molecule has 40 heavy (non-hydrogen) atoms. The van der Waals surface area contributed by atoms with Crippen LogP contribution in [0, 0.1) is 79.3 Å². The summed E-state index contributed by atoms with van der Waals surface area (Å²) in [5, 5.41) is 62.6. The molecular weight excluding hydrogens is 557 g/mol.